The molecule has 0 radical (unpaired) electrons. The third-order valence-corrected chi connectivity index (χ3v) is 5.39. The number of nitrogens with zero attached hydrogens (tertiary/aromatic N) is 1. The van der Waals surface area contributed by atoms with Gasteiger partial charge in [0.15, 0.2) is 0 Å². The van der Waals surface area contributed by atoms with Crippen molar-refractivity contribution in [2.45, 2.75) is 12.8 Å². The number of amides is 3. The van der Waals surface area contributed by atoms with Crippen LogP contribution in [0.1, 0.15) is 38.3 Å². The smallest absolute Gasteiger partial charge is 0.271 e. The van der Waals surface area contributed by atoms with Gasteiger partial charge in [-0.3, -0.25) is 14.4 Å². The van der Waals surface area contributed by atoms with Crippen LogP contribution in [0.2, 0.25) is 0 Å². The van der Waals surface area contributed by atoms with E-state index in [1.807, 2.05) is 42.5 Å². The van der Waals surface area contributed by atoms with Crippen molar-refractivity contribution >= 4 is 23.9 Å². The standard InChI is InChI=1S/C28H30N4O5/c1-36-24-7-3-5-20(17-24)13-15-29-26(33)14-16-30-27(34)22-9-11-23(12-10-22)28(35)32-31-19-21-6-4-8-25(18-21)37-2/h3-12,17-19H,13-16H2,1-2H3,(H,29,33)(H,30,34)(H,32,35). The molecule has 3 N–H and O–H groups in total. The summed E-state index contributed by atoms with van der Waals surface area (Å²) in [6.07, 6.45) is 2.36. The maximum atomic E-state index is 12.4. The van der Waals surface area contributed by atoms with E-state index >= 15 is 0 Å². The van der Waals surface area contributed by atoms with Crippen molar-refractivity contribution in [1.29, 1.82) is 0 Å². The second-order valence-corrected chi connectivity index (χ2v) is 8.01. The Morgan fingerprint density at radius 3 is 2.14 bits per heavy atom. The number of ether oxygens (including phenoxy) is 2. The number of hydrogen-bond acceptors (Lipinski definition) is 6. The summed E-state index contributed by atoms with van der Waals surface area (Å²) >= 11 is 0. The average Bonchev–Trinajstić information content (AvgIpc) is 2.93. The van der Waals surface area contributed by atoms with Crippen LogP contribution in [0.3, 0.4) is 0 Å². The van der Waals surface area contributed by atoms with Gasteiger partial charge < -0.3 is 20.1 Å². The van der Waals surface area contributed by atoms with Crippen molar-refractivity contribution in [2.75, 3.05) is 27.3 Å². The Balaban J connectivity index is 1.37. The highest BCUT2D eigenvalue weighted by Gasteiger charge is 2.09. The molecular weight excluding hydrogens is 472 g/mol. The third kappa shape index (κ3) is 8.81. The fraction of sp³-hybridized carbons (Fsp3) is 0.214. The summed E-state index contributed by atoms with van der Waals surface area (Å²) in [5.74, 6) is 0.584. The van der Waals surface area contributed by atoms with Gasteiger partial charge in [-0.15, -0.1) is 0 Å². The minimum atomic E-state index is -0.406. The van der Waals surface area contributed by atoms with Crippen LogP contribution in [0, 0.1) is 0 Å². The number of hydrazone groups is 1. The van der Waals surface area contributed by atoms with Gasteiger partial charge in [0, 0.05) is 30.6 Å². The van der Waals surface area contributed by atoms with Crippen LogP contribution in [0.5, 0.6) is 11.5 Å². The van der Waals surface area contributed by atoms with Crippen molar-refractivity contribution in [3.63, 3.8) is 0 Å². The topological polar surface area (TPSA) is 118 Å². The monoisotopic (exact) mass is 502 g/mol. The molecule has 3 aromatic rings. The summed E-state index contributed by atoms with van der Waals surface area (Å²) in [5.41, 5.74) is 5.03. The Morgan fingerprint density at radius 2 is 1.43 bits per heavy atom. The minimum Gasteiger partial charge on any atom is -0.497 e. The van der Waals surface area contributed by atoms with Crippen LogP contribution in [0.25, 0.3) is 0 Å². The van der Waals surface area contributed by atoms with Crippen molar-refractivity contribution < 1.29 is 23.9 Å². The van der Waals surface area contributed by atoms with Gasteiger partial charge in [0.25, 0.3) is 11.8 Å². The van der Waals surface area contributed by atoms with Gasteiger partial charge in [0.05, 0.1) is 20.4 Å². The number of hydrogen-bond donors (Lipinski definition) is 3. The zero-order valence-corrected chi connectivity index (χ0v) is 20.8. The molecule has 0 bridgehead atoms. The van der Waals surface area contributed by atoms with Gasteiger partial charge in [-0.25, -0.2) is 5.43 Å². The van der Waals surface area contributed by atoms with Crippen LogP contribution in [0.15, 0.2) is 77.9 Å². The van der Waals surface area contributed by atoms with Crippen LogP contribution in [-0.4, -0.2) is 51.2 Å². The van der Waals surface area contributed by atoms with E-state index in [1.165, 1.54) is 18.3 Å². The Hall–Kier alpha value is -4.66. The zero-order valence-electron chi connectivity index (χ0n) is 20.8. The molecule has 0 aliphatic carbocycles. The summed E-state index contributed by atoms with van der Waals surface area (Å²) in [6.45, 7) is 0.693. The lowest BCUT2D eigenvalue weighted by atomic mass is 10.1. The first-order valence-corrected chi connectivity index (χ1v) is 11.7. The molecule has 0 aliphatic heterocycles. The van der Waals surface area contributed by atoms with Gasteiger partial charge >= 0.3 is 0 Å². The van der Waals surface area contributed by atoms with Gasteiger partial charge in [-0.05, 0) is 66.1 Å². The Bertz CT molecular complexity index is 1240. The number of carbonyl (C=O) groups excluding carboxylic acids is 3. The average molecular weight is 503 g/mol. The number of nitrogens with one attached hydrogen (secondary N) is 3. The Morgan fingerprint density at radius 1 is 0.784 bits per heavy atom. The van der Waals surface area contributed by atoms with Crippen molar-refractivity contribution in [2.24, 2.45) is 5.10 Å². The summed E-state index contributed by atoms with van der Waals surface area (Å²) < 4.78 is 10.3. The largest absolute Gasteiger partial charge is 0.497 e. The molecule has 9 heteroatoms. The fourth-order valence-corrected chi connectivity index (χ4v) is 3.38. The van der Waals surface area contributed by atoms with E-state index in [4.69, 9.17) is 9.47 Å². The van der Waals surface area contributed by atoms with E-state index in [2.05, 4.69) is 21.2 Å². The molecule has 9 nitrogen and oxygen atoms in total. The lowest BCUT2D eigenvalue weighted by molar-refractivity contribution is -0.120. The molecule has 0 fully saturated rings. The van der Waals surface area contributed by atoms with Gasteiger partial charge in [-0.1, -0.05) is 24.3 Å². The molecule has 0 spiro atoms. The molecule has 0 unspecified atom stereocenters. The molecular formula is C28H30N4O5. The first kappa shape index (κ1) is 26.9. The summed E-state index contributed by atoms with van der Waals surface area (Å²) in [5, 5.41) is 9.51. The van der Waals surface area contributed by atoms with E-state index in [-0.39, 0.29) is 24.8 Å². The first-order chi connectivity index (χ1) is 18.0. The SMILES string of the molecule is COc1cccc(C=NNC(=O)c2ccc(C(=O)NCCC(=O)NCCc3cccc(OC)c3)cc2)c1. The van der Waals surface area contributed by atoms with E-state index in [9.17, 15) is 14.4 Å². The molecule has 0 saturated heterocycles. The molecule has 192 valence electrons. The van der Waals surface area contributed by atoms with Gasteiger partial charge in [0.1, 0.15) is 11.5 Å². The second kappa shape index (κ2) is 14.0. The molecule has 3 rings (SSSR count). The summed E-state index contributed by atoms with van der Waals surface area (Å²) in [4.78, 5) is 36.7. The quantitative estimate of drug-likeness (QED) is 0.260. The summed E-state index contributed by atoms with van der Waals surface area (Å²) in [6, 6.07) is 21.1. The number of carbonyl (C=O) groups is 3. The predicted molar refractivity (Wildman–Crippen MR) is 141 cm³/mol. The molecule has 0 aromatic heterocycles. The zero-order chi connectivity index (χ0) is 26.5. The number of benzene rings is 3. The predicted octanol–water partition coefficient (Wildman–Crippen LogP) is 2.95. The highest BCUT2D eigenvalue weighted by Crippen LogP contribution is 2.13. The van der Waals surface area contributed by atoms with Crippen LogP contribution in [-0.2, 0) is 11.2 Å². The molecule has 3 aromatic carbocycles. The second-order valence-electron chi connectivity index (χ2n) is 8.01. The van der Waals surface area contributed by atoms with Crippen molar-refractivity contribution in [1.82, 2.24) is 16.1 Å². The lowest BCUT2D eigenvalue weighted by Crippen LogP contribution is -2.31. The maximum absolute atomic E-state index is 12.4. The van der Waals surface area contributed by atoms with Gasteiger partial charge in [-0.2, -0.15) is 5.10 Å². The third-order valence-electron chi connectivity index (χ3n) is 5.39. The lowest BCUT2D eigenvalue weighted by Gasteiger charge is -2.08. The Labute approximate surface area is 215 Å². The van der Waals surface area contributed by atoms with Crippen molar-refractivity contribution in [3.8, 4) is 11.5 Å². The molecule has 0 heterocycles. The van der Waals surface area contributed by atoms with E-state index in [0.717, 1.165) is 16.9 Å². The summed E-state index contributed by atoms with van der Waals surface area (Å²) in [7, 11) is 3.19. The van der Waals surface area contributed by atoms with E-state index in [0.29, 0.717) is 29.8 Å². The molecule has 0 aliphatic rings. The molecule has 0 atom stereocenters. The van der Waals surface area contributed by atoms with Gasteiger partial charge in [0.2, 0.25) is 5.91 Å². The van der Waals surface area contributed by atoms with Crippen LogP contribution in [0.4, 0.5) is 0 Å². The minimum absolute atomic E-state index is 0.148. The normalized spacial score (nSPS) is 10.5. The molecule has 0 saturated carbocycles. The highest BCUT2D eigenvalue weighted by molar-refractivity contribution is 5.98. The van der Waals surface area contributed by atoms with Crippen LogP contribution < -0.4 is 25.5 Å². The Kier molecular flexibility index (Phi) is 10.2. The van der Waals surface area contributed by atoms with Crippen molar-refractivity contribution in [3.05, 3.63) is 95.1 Å². The van der Waals surface area contributed by atoms with E-state index < -0.39 is 5.91 Å². The molecule has 3 amide bonds. The number of rotatable bonds is 12. The molecule has 37 heavy (non-hydrogen) atoms. The fourth-order valence-electron chi connectivity index (χ4n) is 3.38. The maximum Gasteiger partial charge on any atom is 0.271 e. The van der Waals surface area contributed by atoms with E-state index in [1.54, 1.807) is 32.4 Å². The first-order valence-electron chi connectivity index (χ1n) is 11.7. The number of methoxy groups -OCH3 is 2. The highest BCUT2D eigenvalue weighted by atomic mass is 16.5. The van der Waals surface area contributed by atoms with Crippen LogP contribution >= 0.6 is 0 Å².